The quantitative estimate of drug-likeness (QED) is 0.857. The molecule has 0 radical (unpaired) electrons. The molecule has 0 aliphatic rings. The Balaban J connectivity index is 2.15. The molecule has 1 aromatic heterocycles. The van der Waals surface area contributed by atoms with Crippen LogP contribution in [0.5, 0.6) is 0 Å². The van der Waals surface area contributed by atoms with Crippen molar-refractivity contribution in [1.82, 2.24) is 9.88 Å². The first-order valence-corrected chi connectivity index (χ1v) is 7.36. The third-order valence-corrected chi connectivity index (χ3v) is 3.54. The second-order valence-corrected chi connectivity index (χ2v) is 5.28. The van der Waals surface area contributed by atoms with Gasteiger partial charge in [-0.1, -0.05) is 29.8 Å². The lowest BCUT2D eigenvalue weighted by atomic mass is 10.2. The first-order valence-electron chi connectivity index (χ1n) is 6.98. The molecule has 2 aromatic rings. The fourth-order valence-electron chi connectivity index (χ4n) is 2.00. The summed E-state index contributed by atoms with van der Waals surface area (Å²) in [7, 11) is 1.79. The van der Waals surface area contributed by atoms with Gasteiger partial charge in [-0.05, 0) is 24.7 Å². The normalized spacial score (nSPS) is 10.5. The zero-order chi connectivity index (χ0) is 15.9. The number of halogens is 1. The lowest BCUT2D eigenvalue weighted by Gasteiger charge is -2.10. The molecule has 2 rings (SSSR count). The molecular weight excluding hydrogens is 302 g/mol. The molecule has 0 atom stereocenters. The second-order valence-electron chi connectivity index (χ2n) is 4.88. The Hall–Kier alpha value is -2.11. The Labute approximate surface area is 133 Å². The Kier molecular flexibility index (Phi) is 5.75. The van der Waals surface area contributed by atoms with Crippen LogP contribution in [0.25, 0.3) is 0 Å². The predicted molar refractivity (Wildman–Crippen MR) is 88.4 cm³/mol. The summed E-state index contributed by atoms with van der Waals surface area (Å²) in [6.45, 7) is 0.962. The van der Waals surface area contributed by atoms with E-state index >= 15 is 0 Å². The molecule has 0 aliphatic carbocycles. The van der Waals surface area contributed by atoms with Crippen LogP contribution >= 0.6 is 11.6 Å². The Morgan fingerprint density at radius 1 is 1.23 bits per heavy atom. The molecule has 6 heteroatoms. The molecular formula is C16H18ClN3O2. The molecule has 1 aromatic carbocycles. The van der Waals surface area contributed by atoms with E-state index in [9.17, 15) is 9.59 Å². The molecule has 0 saturated carbocycles. The van der Waals surface area contributed by atoms with Crippen molar-refractivity contribution in [3.05, 3.63) is 63.5 Å². The third kappa shape index (κ3) is 4.44. The van der Waals surface area contributed by atoms with Gasteiger partial charge in [-0.15, -0.1) is 0 Å². The van der Waals surface area contributed by atoms with Crippen molar-refractivity contribution >= 4 is 23.2 Å². The molecule has 0 bridgehead atoms. The number of benzene rings is 1. The third-order valence-electron chi connectivity index (χ3n) is 3.17. The van der Waals surface area contributed by atoms with Crippen molar-refractivity contribution in [2.24, 2.45) is 0 Å². The van der Waals surface area contributed by atoms with Crippen LogP contribution in [0.2, 0.25) is 5.02 Å². The number of amides is 1. The van der Waals surface area contributed by atoms with Gasteiger partial charge in [0.2, 0.25) is 5.91 Å². The molecule has 1 amide bonds. The number of nitrogens with zero attached hydrogens (tertiary/aromatic N) is 1. The summed E-state index contributed by atoms with van der Waals surface area (Å²) in [5, 5.41) is 6.30. The molecule has 0 unspecified atom stereocenters. The van der Waals surface area contributed by atoms with Crippen LogP contribution in [-0.4, -0.2) is 24.1 Å². The van der Waals surface area contributed by atoms with Gasteiger partial charge in [-0.25, -0.2) is 0 Å². The van der Waals surface area contributed by atoms with E-state index in [4.69, 9.17) is 11.6 Å². The molecule has 0 saturated heterocycles. The predicted octanol–water partition coefficient (Wildman–Crippen LogP) is 2.10. The first-order chi connectivity index (χ1) is 10.6. The molecule has 2 N–H and O–H groups in total. The molecule has 0 fully saturated rings. The molecule has 22 heavy (non-hydrogen) atoms. The highest BCUT2D eigenvalue weighted by Crippen LogP contribution is 2.16. The minimum atomic E-state index is -0.145. The SMILES string of the molecule is CNCCC(=O)Nc1ccc(=O)n(Cc2ccccc2Cl)c1. The molecule has 1 heterocycles. The van der Waals surface area contributed by atoms with Crippen molar-refractivity contribution in [1.29, 1.82) is 0 Å². The lowest BCUT2D eigenvalue weighted by molar-refractivity contribution is -0.116. The van der Waals surface area contributed by atoms with E-state index in [1.165, 1.54) is 10.6 Å². The standard InChI is InChI=1S/C16H18ClN3O2/c1-18-9-8-15(21)19-13-6-7-16(22)20(11-13)10-12-4-2-3-5-14(12)17/h2-7,11,18H,8-10H2,1H3,(H,19,21). The number of pyridine rings is 1. The zero-order valence-corrected chi connectivity index (χ0v) is 13.1. The Bertz CT molecular complexity index is 713. The molecule has 0 aliphatic heterocycles. The highest BCUT2D eigenvalue weighted by atomic mass is 35.5. The van der Waals surface area contributed by atoms with Crippen molar-refractivity contribution in [2.45, 2.75) is 13.0 Å². The van der Waals surface area contributed by atoms with Crippen molar-refractivity contribution in [3.63, 3.8) is 0 Å². The number of hydrogen-bond acceptors (Lipinski definition) is 3. The summed E-state index contributed by atoms with van der Waals surface area (Å²) >= 11 is 6.12. The molecule has 0 spiro atoms. The van der Waals surface area contributed by atoms with Gasteiger partial charge in [-0.3, -0.25) is 9.59 Å². The van der Waals surface area contributed by atoms with Gasteiger partial charge in [0, 0.05) is 30.3 Å². The summed E-state index contributed by atoms with van der Waals surface area (Å²) in [4.78, 5) is 23.7. The first kappa shape index (κ1) is 16.3. The van der Waals surface area contributed by atoms with Gasteiger partial charge in [0.25, 0.3) is 5.56 Å². The van der Waals surface area contributed by atoms with E-state index in [1.54, 1.807) is 25.4 Å². The number of rotatable bonds is 6. The van der Waals surface area contributed by atoms with E-state index < -0.39 is 0 Å². The zero-order valence-electron chi connectivity index (χ0n) is 12.3. The maximum absolute atomic E-state index is 11.9. The highest BCUT2D eigenvalue weighted by molar-refractivity contribution is 6.31. The average molecular weight is 320 g/mol. The van der Waals surface area contributed by atoms with E-state index in [0.29, 0.717) is 30.2 Å². The fourth-order valence-corrected chi connectivity index (χ4v) is 2.20. The van der Waals surface area contributed by atoms with Gasteiger partial charge in [0.15, 0.2) is 0 Å². The lowest BCUT2D eigenvalue weighted by Crippen LogP contribution is -2.22. The number of carbonyl (C=O) groups excluding carboxylic acids is 1. The minimum absolute atomic E-state index is 0.0997. The summed E-state index contributed by atoms with van der Waals surface area (Å²) in [5.41, 5.74) is 1.30. The monoisotopic (exact) mass is 319 g/mol. The average Bonchev–Trinajstić information content (AvgIpc) is 2.51. The smallest absolute Gasteiger partial charge is 0.250 e. The summed E-state index contributed by atoms with van der Waals surface area (Å²) in [6, 6.07) is 10.4. The largest absolute Gasteiger partial charge is 0.325 e. The van der Waals surface area contributed by atoms with Crippen LogP contribution < -0.4 is 16.2 Å². The van der Waals surface area contributed by atoms with Crippen LogP contribution in [0.4, 0.5) is 5.69 Å². The number of aromatic nitrogens is 1. The Morgan fingerprint density at radius 3 is 2.73 bits per heavy atom. The van der Waals surface area contributed by atoms with Crippen LogP contribution in [0.15, 0.2) is 47.4 Å². The summed E-state index contributed by atoms with van der Waals surface area (Å²) in [5.74, 6) is -0.0997. The van der Waals surface area contributed by atoms with Crippen molar-refractivity contribution < 1.29 is 4.79 Å². The number of hydrogen-bond donors (Lipinski definition) is 2. The number of carbonyl (C=O) groups is 1. The summed E-state index contributed by atoms with van der Waals surface area (Å²) < 4.78 is 1.52. The van der Waals surface area contributed by atoms with Crippen LogP contribution in [-0.2, 0) is 11.3 Å². The van der Waals surface area contributed by atoms with E-state index in [-0.39, 0.29) is 11.5 Å². The van der Waals surface area contributed by atoms with Gasteiger partial charge in [0.05, 0.1) is 12.2 Å². The maximum atomic E-state index is 11.9. The maximum Gasteiger partial charge on any atom is 0.250 e. The summed E-state index contributed by atoms with van der Waals surface area (Å²) in [6.07, 6.45) is 2.00. The minimum Gasteiger partial charge on any atom is -0.325 e. The van der Waals surface area contributed by atoms with Crippen LogP contribution in [0, 0.1) is 0 Å². The second kappa shape index (κ2) is 7.77. The molecule has 5 nitrogen and oxygen atoms in total. The Morgan fingerprint density at radius 2 is 2.00 bits per heavy atom. The van der Waals surface area contributed by atoms with Crippen LogP contribution in [0.3, 0.4) is 0 Å². The van der Waals surface area contributed by atoms with E-state index in [2.05, 4.69) is 10.6 Å². The van der Waals surface area contributed by atoms with Crippen LogP contribution in [0.1, 0.15) is 12.0 Å². The van der Waals surface area contributed by atoms with Gasteiger partial charge in [-0.2, -0.15) is 0 Å². The number of anilines is 1. The number of nitrogens with one attached hydrogen (secondary N) is 2. The van der Waals surface area contributed by atoms with Gasteiger partial charge in [0.1, 0.15) is 0 Å². The topological polar surface area (TPSA) is 63.1 Å². The van der Waals surface area contributed by atoms with Gasteiger partial charge < -0.3 is 15.2 Å². The fraction of sp³-hybridized carbons (Fsp3) is 0.250. The van der Waals surface area contributed by atoms with Crippen molar-refractivity contribution in [3.8, 4) is 0 Å². The highest BCUT2D eigenvalue weighted by Gasteiger charge is 2.06. The van der Waals surface area contributed by atoms with Gasteiger partial charge >= 0.3 is 0 Å². The van der Waals surface area contributed by atoms with E-state index in [1.807, 2.05) is 18.2 Å². The molecule has 116 valence electrons. The van der Waals surface area contributed by atoms with Crippen molar-refractivity contribution in [2.75, 3.05) is 18.9 Å². The van der Waals surface area contributed by atoms with E-state index in [0.717, 1.165) is 5.56 Å².